The minimum Gasteiger partial charge on any atom is -0.493 e. The molecule has 1 aliphatic carbocycles. The van der Waals surface area contributed by atoms with Crippen molar-refractivity contribution >= 4 is 23.4 Å². The number of aliphatic hydroxyl groups excluding tert-OH is 1. The van der Waals surface area contributed by atoms with Crippen molar-refractivity contribution in [1.82, 2.24) is 15.1 Å². The zero-order valence-electron chi connectivity index (χ0n) is 17.1. The van der Waals surface area contributed by atoms with Crippen LogP contribution >= 0.6 is 11.6 Å². The maximum Gasteiger partial charge on any atom is 0.236 e. The summed E-state index contributed by atoms with van der Waals surface area (Å²) in [5.41, 5.74) is 1.11. The number of carbonyl (C=O) groups excluding carboxylic acids is 2. The Bertz CT molecular complexity index is 809. The van der Waals surface area contributed by atoms with Crippen LogP contribution in [-0.4, -0.2) is 71.7 Å². The summed E-state index contributed by atoms with van der Waals surface area (Å²) in [6, 6.07) is 7.39. The molecule has 1 unspecified atom stereocenters. The molecule has 1 aromatic carbocycles. The SMILES string of the molecule is CC(=O)NC1CC=CC=C1OC[C@@H](O)CN1CCN(Cc2ccc(Cl)cc2)CC1=O. The highest BCUT2D eigenvalue weighted by Gasteiger charge is 2.26. The van der Waals surface area contributed by atoms with Gasteiger partial charge in [0, 0.05) is 38.1 Å². The molecule has 2 N–H and O–H groups in total. The van der Waals surface area contributed by atoms with Gasteiger partial charge in [0.1, 0.15) is 18.5 Å². The van der Waals surface area contributed by atoms with E-state index in [0.29, 0.717) is 36.8 Å². The molecule has 1 aliphatic heterocycles. The minimum atomic E-state index is -0.804. The van der Waals surface area contributed by atoms with Gasteiger partial charge >= 0.3 is 0 Å². The molecule has 1 saturated heterocycles. The number of halogens is 1. The van der Waals surface area contributed by atoms with Gasteiger partial charge in [-0.25, -0.2) is 0 Å². The molecule has 2 aliphatic rings. The molecular weight excluding hydrogens is 406 g/mol. The molecule has 30 heavy (non-hydrogen) atoms. The number of hydrogen-bond donors (Lipinski definition) is 2. The van der Waals surface area contributed by atoms with Crippen LogP contribution < -0.4 is 5.32 Å². The maximum atomic E-state index is 12.5. The molecule has 2 atom stereocenters. The predicted octanol–water partition coefficient (Wildman–Crippen LogP) is 1.71. The number of nitrogens with one attached hydrogen (secondary N) is 1. The Kier molecular flexibility index (Phi) is 7.90. The summed E-state index contributed by atoms with van der Waals surface area (Å²) in [4.78, 5) is 27.6. The van der Waals surface area contributed by atoms with Crippen LogP contribution in [0.25, 0.3) is 0 Å². The summed E-state index contributed by atoms with van der Waals surface area (Å²) in [6.45, 7) is 4.05. The molecule has 162 valence electrons. The molecule has 0 saturated carbocycles. The number of carbonyl (C=O) groups is 2. The van der Waals surface area contributed by atoms with Gasteiger partial charge in [-0.15, -0.1) is 0 Å². The third kappa shape index (κ3) is 6.58. The van der Waals surface area contributed by atoms with E-state index in [9.17, 15) is 14.7 Å². The van der Waals surface area contributed by atoms with E-state index in [4.69, 9.17) is 16.3 Å². The van der Waals surface area contributed by atoms with Gasteiger partial charge in [-0.2, -0.15) is 0 Å². The molecule has 0 radical (unpaired) electrons. The molecule has 8 heteroatoms. The van der Waals surface area contributed by atoms with Gasteiger partial charge in [0.05, 0.1) is 12.6 Å². The van der Waals surface area contributed by atoms with Crippen LogP contribution in [0.15, 0.2) is 48.3 Å². The number of aliphatic hydroxyl groups is 1. The third-order valence-corrected chi connectivity index (χ3v) is 5.33. The van der Waals surface area contributed by atoms with Gasteiger partial charge in [0.25, 0.3) is 0 Å². The van der Waals surface area contributed by atoms with Crippen LogP contribution in [0.2, 0.25) is 5.02 Å². The van der Waals surface area contributed by atoms with Crippen molar-refractivity contribution < 1.29 is 19.4 Å². The normalized spacial score (nSPS) is 20.6. The van der Waals surface area contributed by atoms with Crippen molar-refractivity contribution in [3.63, 3.8) is 0 Å². The number of ether oxygens (including phenoxy) is 1. The van der Waals surface area contributed by atoms with Gasteiger partial charge in [-0.05, 0) is 30.2 Å². The second kappa shape index (κ2) is 10.6. The summed E-state index contributed by atoms with van der Waals surface area (Å²) in [6.07, 6.45) is 5.45. The number of allylic oxidation sites excluding steroid dienone is 2. The largest absolute Gasteiger partial charge is 0.493 e. The molecule has 1 fully saturated rings. The van der Waals surface area contributed by atoms with Crippen molar-refractivity contribution in [3.8, 4) is 0 Å². The second-order valence-electron chi connectivity index (χ2n) is 7.63. The molecular formula is C22H28ClN3O4. The molecule has 0 aromatic heterocycles. The topological polar surface area (TPSA) is 82.1 Å². The van der Waals surface area contributed by atoms with Crippen LogP contribution in [0, 0.1) is 0 Å². The first kappa shape index (κ1) is 22.3. The first-order valence-corrected chi connectivity index (χ1v) is 10.5. The second-order valence-corrected chi connectivity index (χ2v) is 8.06. The Hall–Kier alpha value is -2.35. The first-order chi connectivity index (χ1) is 14.4. The van der Waals surface area contributed by atoms with E-state index >= 15 is 0 Å². The number of benzene rings is 1. The van der Waals surface area contributed by atoms with Crippen molar-refractivity contribution in [2.75, 3.05) is 32.8 Å². The predicted molar refractivity (Wildman–Crippen MR) is 115 cm³/mol. The van der Waals surface area contributed by atoms with Gasteiger partial charge in [-0.3, -0.25) is 14.5 Å². The highest BCUT2D eigenvalue weighted by molar-refractivity contribution is 6.30. The number of β-amino-alcohol motifs (C(OH)–C–C–N with tert-alkyl or cyclic N) is 1. The third-order valence-electron chi connectivity index (χ3n) is 5.08. The lowest BCUT2D eigenvalue weighted by Crippen LogP contribution is -2.52. The van der Waals surface area contributed by atoms with Crippen LogP contribution in [0.4, 0.5) is 0 Å². The van der Waals surface area contributed by atoms with E-state index in [2.05, 4.69) is 10.2 Å². The Labute approximate surface area is 181 Å². The van der Waals surface area contributed by atoms with Gasteiger partial charge in [0.15, 0.2) is 0 Å². The number of hydrogen-bond acceptors (Lipinski definition) is 5. The van der Waals surface area contributed by atoms with E-state index in [-0.39, 0.29) is 31.0 Å². The Morgan fingerprint density at radius 2 is 2.10 bits per heavy atom. The maximum absolute atomic E-state index is 12.5. The molecule has 7 nitrogen and oxygen atoms in total. The average Bonchev–Trinajstić information content (AvgIpc) is 2.71. The van der Waals surface area contributed by atoms with Gasteiger partial charge in [-0.1, -0.05) is 35.9 Å². The summed E-state index contributed by atoms with van der Waals surface area (Å²) in [5.74, 6) is 0.475. The van der Waals surface area contributed by atoms with Crippen LogP contribution in [-0.2, 0) is 20.9 Å². The van der Waals surface area contributed by atoms with Crippen molar-refractivity contribution in [3.05, 3.63) is 58.8 Å². The molecule has 2 amide bonds. The zero-order valence-corrected chi connectivity index (χ0v) is 17.8. The monoisotopic (exact) mass is 433 g/mol. The molecule has 0 spiro atoms. The highest BCUT2D eigenvalue weighted by Crippen LogP contribution is 2.16. The fraction of sp³-hybridized carbons (Fsp3) is 0.455. The summed E-state index contributed by atoms with van der Waals surface area (Å²) < 4.78 is 5.73. The molecule has 1 heterocycles. The van der Waals surface area contributed by atoms with Gasteiger partial charge in [0.2, 0.25) is 11.8 Å². The lowest BCUT2D eigenvalue weighted by atomic mass is 10.1. The molecule has 3 rings (SSSR count). The van der Waals surface area contributed by atoms with Crippen LogP contribution in [0.1, 0.15) is 18.9 Å². The van der Waals surface area contributed by atoms with Crippen molar-refractivity contribution in [2.45, 2.75) is 32.0 Å². The average molecular weight is 434 g/mol. The first-order valence-electron chi connectivity index (χ1n) is 10.1. The van der Waals surface area contributed by atoms with E-state index in [1.54, 1.807) is 11.0 Å². The zero-order chi connectivity index (χ0) is 21.5. The summed E-state index contributed by atoms with van der Waals surface area (Å²) >= 11 is 5.92. The Morgan fingerprint density at radius 1 is 1.33 bits per heavy atom. The smallest absolute Gasteiger partial charge is 0.236 e. The van der Waals surface area contributed by atoms with E-state index in [1.165, 1.54) is 6.92 Å². The van der Waals surface area contributed by atoms with Crippen molar-refractivity contribution in [1.29, 1.82) is 0 Å². The standard InChI is InChI=1S/C22H28ClN3O4/c1-16(27)24-20-4-2-3-5-21(20)30-15-19(28)13-26-11-10-25(14-22(26)29)12-17-6-8-18(23)9-7-17/h2-3,5-9,19-20,28H,4,10-15H2,1H3,(H,24,27)/t19-,20?/m0/s1. The van der Waals surface area contributed by atoms with Crippen molar-refractivity contribution in [2.24, 2.45) is 0 Å². The minimum absolute atomic E-state index is 0.00907. The highest BCUT2D eigenvalue weighted by atomic mass is 35.5. The lowest BCUT2D eigenvalue weighted by molar-refractivity contribution is -0.138. The van der Waals surface area contributed by atoms with Crippen LogP contribution in [0.5, 0.6) is 0 Å². The fourth-order valence-electron chi connectivity index (χ4n) is 3.57. The molecule has 1 aromatic rings. The number of amides is 2. The summed E-state index contributed by atoms with van der Waals surface area (Å²) in [7, 11) is 0. The fourth-order valence-corrected chi connectivity index (χ4v) is 3.69. The van der Waals surface area contributed by atoms with Gasteiger partial charge < -0.3 is 20.1 Å². The Morgan fingerprint density at radius 3 is 2.80 bits per heavy atom. The lowest BCUT2D eigenvalue weighted by Gasteiger charge is -2.35. The number of piperazine rings is 1. The van der Waals surface area contributed by atoms with E-state index in [0.717, 1.165) is 12.1 Å². The Balaban J connectivity index is 1.43. The quantitative estimate of drug-likeness (QED) is 0.652. The van der Waals surface area contributed by atoms with Crippen LogP contribution in [0.3, 0.4) is 0 Å². The number of nitrogens with zero attached hydrogens (tertiary/aromatic N) is 2. The van der Waals surface area contributed by atoms with E-state index < -0.39 is 6.10 Å². The van der Waals surface area contributed by atoms with E-state index in [1.807, 2.05) is 36.4 Å². The molecule has 0 bridgehead atoms. The number of rotatable bonds is 8. The summed E-state index contributed by atoms with van der Waals surface area (Å²) in [5, 5.41) is 13.9.